The SMILES string of the molecule is CS(=O)(=O)N1CCC(COc2coc(Cn3cc4ccc(F)cc4c3)cc2=O)CC1. The predicted octanol–water partition coefficient (Wildman–Crippen LogP) is 2.83. The van der Waals surface area contributed by atoms with E-state index in [1.165, 1.54) is 35.0 Å². The van der Waals surface area contributed by atoms with E-state index in [1.807, 2.05) is 10.8 Å². The Labute approximate surface area is 173 Å². The number of halogens is 1. The van der Waals surface area contributed by atoms with E-state index in [0.29, 0.717) is 44.8 Å². The lowest BCUT2D eigenvalue weighted by Crippen LogP contribution is -2.39. The number of sulfonamides is 1. The van der Waals surface area contributed by atoms with Gasteiger partial charge in [0, 0.05) is 36.9 Å². The minimum absolute atomic E-state index is 0.143. The molecule has 7 nitrogen and oxygen atoms in total. The van der Waals surface area contributed by atoms with Crippen molar-refractivity contribution in [2.45, 2.75) is 19.4 Å². The molecule has 4 rings (SSSR count). The zero-order valence-corrected chi connectivity index (χ0v) is 17.4. The molecule has 1 aromatic carbocycles. The number of ether oxygens (including phenoxy) is 1. The molecule has 0 amide bonds. The van der Waals surface area contributed by atoms with Gasteiger partial charge in [0.2, 0.25) is 21.2 Å². The number of rotatable bonds is 6. The first-order valence-electron chi connectivity index (χ1n) is 9.72. The zero-order valence-electron chi connectivity index (χ0n) is 16.6. The Kier molecular flexibility index (Phi) is 5.66. The third-order valence-electron chi connectivity index (χ3n) is 5.37. The van der Waals surface area contributed by atoms with Gasteiger partial charge >= 0.3 is 0 Å². The minimum atomic E-state index is -3.16. The second-order valence-electron chi connectivity index (χ2n) is 7.70. The first kappa shape index (κ1) is 20.6. The normalized spacial score (nSPS) is 16.2. The largest absolute Gasteiger partial charge is 0.486 e. The standard InChI is InChI=1S/C21H23FN2O5S/c1-30(26,27)24-6-4-15(5-7-24)13-29-21-14-28-19(9-20(21)25)12-23-10-16-2-3-18(22)8-17(16)11-23/h2-3,8-11,14-15H,4-7,12-13H2,1H3. The van der Waals surface area contributed by atoms with Crippen LogP contribution in [-0.2, 0) is 16.6 Å². The molecule has 0 unspecified atom stereocenters. The summed E-state index contributed by atoms with van der Waals surface area (Å²) in [6.07, 6.45) is 7.57. The summed E-state index contributed by atoms with van der Waals surface area (Å²) >= 11 is 0. The summed E-state index contributed by atoms with van der Waals surface area (Å²) in [6.45, 7) is 1.62. The maximum absolute atomic E-state index is 13.3. The molecule has 1 fully saturated rings. The van der Waals surface area contributed by atoms with E-state index in [1.54, 1.807) is 12.3 Å². The topological polar surface area (TPSA) is 81.8 Å². The van der Waals surface area contributed by atoms with E-state index in [0.717, 1.165) is 10.8 Å². The van der Waals surface area contributed by atoms with Crippen molar-refractivity contribution in [2.75, 3.05) is 26.0 Å². The van der Waals surface area contributed by atoms with Gasteiger partial charge in [0.1, 0.15) is 17.8 Å². The highest BCUT2D eigenvalue weighted by Gasteiger charge is 2.25. The van der Waals surface area contributed by atoms with Gasteiger partial charge in [-0.2, -0.15) is 0 Å². The van der Waals surface area contributed by atoms with Crippen LogP contribution in [0.15, 0.2) is 52.1 Å². The van der Waals surface area contributed by atoms with Crippen LogP contribution in [0.1, 0.15) is 18.6 Å². The lowest BCUT2D eigenvalue weighted by molar-refractivity contribution is 0.181. The van der Waals surface area contributed by atoms with Gasteiger partial charge in [-0.05, 0) is 42.3 Å². The molecule has 3 heterocycles. The van der Waals surface area contributed by atoms with Crippen LogP contribution in [0.5, 0.6) is 5.75 Å². The fourth-order valence-corrected chi connectivity index (χ4v) is 4.56. The van der Waals surface area contributed by atoms with Crippen LogP contribution < -0.4 is 10.2 Å². The Morgan fingerprint density at radius 2 is 1.90 bits per heavy atom. The Balaban J connectivity index is 1.36. The average Bonchev–Trinajstić information content (AvgIpc) is 3.08. The van der Waals surface area contributed by atoms with Crippen molar-refractivity contribution < 1.29 is 22.0 Å². The van der Waals surface area contributed by atoms with E-state index in [-0.39, 0.29) is 22.9 Å². The molecule has 160 valence electrons. The molecule has 9 heteroatoms. The lowest BCUT2D eigenvalue weighted by atomic mass is 9.99. The molecule has 2 aromatic heterocycles. The first-order valence-corrected chi connectivity index (χ1v) is 11.6. The number of aromatic nitrogens is 1. The molecule has 0 spiro atoms. The molecule has 0 bridgehead atoms. The van der Waals surface area contributed by atoms with Crippen molar-refractivity contribution in [3.63, 3.8) is 0 Å². The van der Waals surface area contributed by atoms with E-state index >= 15 is 0 Å². The van der Waals surface area contributed by atoms with Gasteiger partial charge in [0.25, 0.3) is 0 Å². The maximum Gasteiger partial charge on any atom is 0.227 e. The number of hydrogen-bond acceptors (Lipinski definition) is 5. The van der Waals surface area contributed by atoms with E-state index in [4.69, 9.17) is 9.15 Å². The Bertz CT molecular complexity index is 1210. The molecule has 1 aliphatic heterocycles. The van der Waals surface area contributed by atoms with Crippen LogP contribution in [0.25, 0.3) is 10.8 Å². The maximum atomic E-state index is 13.3. The van der Waals surface area contributed by atoms with Crippen molar-refractivity contribution in [3.05, 3.63) is 64.7 Å². The molecule has 1 saturated heterocycles. The summed E-state index contributed by atoms with van der Waals surface area (Å²) < 4.78 is 51.0. The predicted molar refractivity (Wildman–Crippen MR) is 111 cm³/mol. The highest BCUT2D eigenvalue weighted by atomic mass is 32.2. The van der Waals surface area contributed by atoms with Crippen LogP contribution in [0.2, 0.25) is 0 Å². The van der Waals surface area contributed by atoms with E-state index in [9.17, 15) is 17.6 Å². The monoisotopic (exact) mass is 434 g/mol. The fraction of sp³-hybridized carbons (Fsp3) is 0.381. The summed E-state index contributed by atoms with van der Waals surface area (Å²) in [5.41, 5.74) is -0.271. The third-order valence-corrected chi connectivity index (χ3v) is 6.67. The second-order valence-corrected chi connectivity index (χ2v) is 9.68. The molecule has 30 heavy (non-hydrogen) atoms. The molecular weight excluding hydrogens is 411 g/mol. The molecule has 0 N–H and O–H groups in total. The smallest absolute Gasteiger partial charge is 0.227 e. The van der Waals surface area contributed by atoms with E-state index in [2.05, 4.69) is 0 Å². The molecule has 0 saturated carbocycles. The summed E-state index contributed by atoms with van der Waals surface area (Å²) in [5.74, 6) is 0.503. The van der Waals surface area contributed by atoms with Crippen LogP contribution in [0, 0.1) is 11.7 Å². The van der Waals surface area contributed by atoms with Crippen molar-refractivity contribution >= 4 is 20.8 Å². The molecule has 3 aromatic rings. The number of piperidine rings is 1. The minimum Gasteiger partial charge on any atom is -0.486 e. The van der Waals surface area contributed by atoms with Gasteiger partial charge in [-0.15, -0.1) is 0 Å². The van der Waals surface area contributed by atoms with Gasteiger partial charge in [-0.25, -0.2) is 17.1 Å². The highest BCUT2D eigenvalue weighted by molar-refractivity contribution is 7.88. The lowest BCUT2D eigenvalue weighted by Gasteiger charge is -2.29. The van der Waals surface area contributed by atoms with Gasteiger partial charge in [0.15, 0.2) is 0 Å². The Morgan fingerprint density at radius 1 is 1.17 bits per heavy atom. The summed E-state index contributed by atoms with van der Waals surface area (Å²) in [7, 11) is -3.16. The fourth-order valence-electron chi connectivity index (χ4n) is 3.68. The Morgan fingerprint density at radius 3 is 2.60 bits per heavy atom. The van der Waals surface area contributed by atoms with Crippen LogP contribution in [-0.4, -0.2) is 43.2 Å². The van der Waals surface area contributed by atoms with Gasteiger partial charge in [0.05, 0.1) is 19.4 Å². The number of fused-ring (bicyclic) bond motifs is 1. The number of nitrogens with zero attached hydrogens (tertiary/aromatic N) is 2. The summed E-state index contributed by atoms with van der Waals surface area (Å²) in [4.78, 5) is 12.4. The van der Waals surface area contributed by atoms with Crippen molar-refractivity contribution in [1.29, 1.82) is 0 Å². The van der Waals surface area contributed by atoms with Gasteiger partial charge in [-0.3, -0.25) is 4.79 Å². The second kappa shape index (κ2) is 8.23. The van der Waals surface area contributed by atoms with E-state index < -0.39 is 10.0 Å². The van der Waals surface area contributed by atoms with Gasteiger partial charge < -0.3 is 13.7 Å². The van der Waals surface area contributed by atoms with Crippen LogP contribution in [0.3, 0.4) is 0 Å². The Hall–Kier alpha value is -2.65. The molecule has 0 atom stereocenters. The highest BCUT2D eigenvalue weighted by Crippen LogP contribution is 2.21. The summed E-state index contributed by atoms with van der Waals surface area (Å²) in [5, 5.41) is 1.68. The average molecular weight is 434 g/mol. The molecule has 0 radical (unpaired) electrons. The number of benzene rings is 1. The molecule has 0 aliphatic carbocycles. The first-order chi connectivity index (χ1) is 14.3. The quantitative estimate of drug-likeness (QED) is 0.596. The summed E-state index contributed by atoms with van der Waals surface area (Å²) in [6, 6.07) is 5.96. The zero-order chi connectivity index (χ0) is 21.3. The van der Waals surface area contributed by atoms with Crippen molar-refractivity contribution in [3.8, 4) is 5.75 Å². The van der Waals surface area contributed by atoms with Gasteiger partial charge in [-0.1, -0.05) is 0 Å². The molecule has 1 aliphatic rings. The van der Waals surface area contributed by atoms with Crippen molar-refractivity contribution in [2.24, 2.45) is 5.92 Å². The third kappa shape index (κ3) is 4.73. The molecular formula is C21H23FN2O5S. The van der Waals surface area contributed by atoms with Crippen LogP contribution >= 0.6 is 0 Å². The number of hydrogen-bond donors (Lipinski definition) is 0. The van der Waals surface area contributed by atoms with Crippen molar-refractivity contribution in [1.82, 2.24) is 8.87 Å². The van der Waals surface area contributed by atoms with Crippen LogP contribution in [0.4, 0.5) is 4.39 Å².